The van der Waals surface area contributed by atoms with Crippen LogP contribution in [0, 0.1) is 0 Å². The summed E-state index contributed by atoms with van der Waals surface area (Å²) in [6, 6.07) is 5.78. The fourth-order valence-corrected chi connectivity index (χ4v) is 1.90. The minimum atomic E-state index is -0.656. The Labute approximate surface area is 108 Å². The van der Waals surface area contributed by atoms with Crippen molar-refractivity contribution in [2.24, 2.45) is 0 Å². The summed E-state index contributed by atoms with van der Waals surface area (Å²) < 4.78 is 7.80. The second-order valence-corrected chi connectivity index (χ2v) is 5.02. The lowest BCUT2D eigenvalue weighted by atomic mass is 10.1. The highest BCUT2D eigenvalue weighted by molar-refractivity contribution is 9.10. The van der Waals surface area contributed by atoms with Crippen LogP contribution in [0.5, 0.6) is 0 Å². The van der Waals surface area contributed by atoms with Gasteiger partial charge in [-0.3, -0.25) is 4.68 Å². The largest absolute Gasteiger partial charge is 0.452 e. The summed E-state index contributed by atoms with van der Waals surface area (Å²) in [6.07, 6.45) is 1.72. The predicted molar refractivity (Wildman–Crippen MR) is 67.7 cm³/mol. The number of nitrogens with zero attached hydrogens (tertiary/aromatic N) is 2. The summed E-state index contributed by atoms with van der Waals surface area (Å²) in [5, 5.41) is 14.4. The average molecular weight is 299 g/mol. The third kappa shape index (κ3) is 2.98. The van der Waals surface area contributed by atoms with Crippen LogP contribution in [0.1, 0.15) is 37.4 Å². The van der Waals surface area contributed by atoms with Crippen molar-refractivity contribution in [3.05, 3.63) is 40.5 Å². The quantitative estimate of drug-likeness (QED) is 0.944. The van der Waals surface area contributed by atoms with Gasteiger partial charge >= 0.3 is 0 Å². The number of aromatic nitrogens is 2. The van der Waals surface area contributed by atoms with Crippen LogP contribution in [0.3, 0.4) is 0 Å². The van der Waals surface area contributed by atoms with E-state index < -0.39 is 6.10 Å². The maximum Gasteiger partial charge on any atom is 0.169 e. The highest BCUT2D eigenvalue weighted by Crippen LogP contribution is 2.23. The Balaban J connectivity index is 2.05. The highest BCUT2D eigenvalue weighted by atomic mass is 79.9. The van der Waals surface area contributed by atoms with E-state index in [0.29, 0.717) is 22.9 Å². The summed E-state index contributed by atoms with van der Waals surface area (Å²) in [7, 11) is 0. The molecule has 0 spiro atoms. The van der Waals surface area contributed by atoms with Gasteiger partial charge in [0.2, 0.25) is 0 Å². The molecule has 4 nitrogen and oxygen atoms in total. The van der Waals surface area contributed by atoms with E-state index >= 15 is 0 Å². The molecule has 0 amide bonds. The van der Waals surface area contributed by atoms with E-state index in [-0.39, 0.29) is 0 Å². The summed E-state index contributed by atoms with van der Waals surface area (Å²) >= 11 is 3.21. The van der Waals surface area contributed by atoms with E-state index in [2.05, 4.69) is 34.9 Å². The molecule has 0 fully saturated rings. The standard InChI is InChI=1S/C12H15BrN2O2/c1-8(2)15-6-5-9(14-15)7-10(16)11-3-4-12(13)17-11/h3-6,8,10,16H,7H2,1-2H3. The third-order valence-corrected chi connectivity index (χ3v) is 2.94. The van der Waals surface area contributed by atoms with Crippen LogP contribution in [-0.4, -0.2) is 14.9 Å². The predicted octanol–water partition coefficient (Wildman–Crippen LogP) is 3.10. The fraction of sp³-hybridized carbons (Fsp3) is 0.417. The van der Waals surface area contributed by atoms with Gasteiger partial charge in [-0.2, -0.15) is 5.10 Å². The van der Waals surface area contributed by atoms with Gasteiger partial charge in [-0.25, -0.2) is 0 Å². The van der Waals surface area contributed by atoms with Crippen LogP contribution in [0.15, 0.2) is 33.5 Å². The van der Waals surface area contributed by atoms with Crippen molar-refractivity contribution >= 4 is 15.9 Å². The van der Waals surface area contributed by atoms with Gasteiger partial charge in [0.05, 0.1) is 5.69 Å². The van der Waals surface area contributed by atoms with Crippen molar-refractivity contribution in [3.63, 3.8) is 0 Å². The molecule has 0 saturated carbocycles. The van der Waals surface area contributed by atoms with E-state index in [1.165, 1.54) is 0 Å². The van der Waals surface area contributed by atoms with Gasteiger partial charge in [-0.15, -0.1) is 0 Å². The zero-order valence-electron chi connectivity index (χ0n) is 9.80. The summed E-state index contributed by atoms with van der Waals surface area (Å²) in [5.74, 6) is 0.552. The first-order valence-electron chi connectivity index (χ1n) is 5.53. The third-order valence-electron chi connectivity index (χ3n) is 2.52. The minimum absolute atomic E-state index is 0.332. The molecule has 2 aromatic rings. The van der Waals surface area contributed by atoms with Gasteiger partial charge in [0.15, 0.2) is 4.67 Å². The summed E-state index contributed by atoms with van der Waals surface area (Å²) in [5.41, 5.74) is 0.860. The molecule has 0 aromatic carbocycles. The van der Waals surface area contributed by atoms with Gasteiger partial charge in [0.1, 0.15) is 11.9 Å². The second kappa shape index (κ2) is 5.06. The van der Waals surface area contributed by atoms with Crippen molar-refractivity contribution < 1.29 is 9.52 Å². The van der Waals surface area contributed by atoms with E-state index in [9.17, 15) is 5.11 Å². The number of halogens is 1. The van der Waals surface area contributed by atoms with Crippen LogP contribution in [0.4, 0.5) is 0 Å². The van der Waals surface area contributed by atoms with Gasteiger partial charge in [0.25, 0.3) is 0 Å². The second-order valence-electron chi connectivity index (χ2n) is 4.24. The molecule has 2 rings (SSSR count). The maximum absolute atomic E-state index is 9.97. The SMILES string of the molecule is CC(C)n1ccc(CC(O)c2ccc(Br)o2)n1. The molecule has 1 N–H and O–H groups in total. The van der Waals surface area contributed by atoms with Gasteiger partial charge in [0, 0.05) is 18.7 Å². The number of aliphatic hydroxyl groups is 1. The van der Waals surface area contributed by atoms with Crippen LogP contribution in [-0.2, 0) is 6.42 Å². The number of aliphatic hydroxyl groups excluding tert-OH is 1. The van der Waals surface area contributed by atoms with E-state index in [1.807, 2.05) is 16.9 Å². The lowest BCUT2D eigenvalue weighted by molar-refractivity contribution is 0.147. The maximum atomic E-state index is 9.97. The Bertz CT molecular complexity index is 490. The van der Waals surface area contributed by atoms with Crippen molar-refractivity contribution in [1.29, 1.82) is 0 Å². The van der Waals surface area contributed by atoms with E-state index in [1.54, 1.807) is 12.1 Å². The normalized spacial score (nSPS) is 13.2. The number of hydrogen-bond donors (Lipinski definition) is 1. The molecular weight excluding hydrogens is 284 g/mol. The highest BCUT2D eigenvalue weighted by Gasteiger charge is 2.14. The Morgan fingerprint density at radius 1 is 1.41 bits per heavy atom. The fourth-order valence-electron chi connectivity index (χ4n) is 1.58. The lowest BCUT2D eigenvalue weighted by Gasteiger charge is -2.06. The molecule has 0 bridgehead atoms. The van der Waals surface area contributed by atoms with Crippen LogP contribution in [0.25, 0.3) is 0 Å². The first kappa shape index (κ1) is 12.4. The van der Waals surface area contributed by atoms with E-state index in [0.717, 1.165) is 5.69 Å². The molecule has 0 radical (unpaired) electrons. The van der Waals surface area contributed by atoms with Gasteiger partial charge < -0.3 is 9.52 Å². The molecule has 0 saturated heterocycles. The van der Waals surface area contributed by atoms with Crippen LogP contribution in [0.2, 0.25) is 0 Å². The minimum Gasteiger partial charge on any atom is -0.452 e. The smallest absolute Gasteiger partial charge is 0.169 e. The number of furan rings is 1. The van der Waals surface area contributed by atoms with Crippen molar-refractivity contribution in [2.75, 3.05) is 0 Å². The van der Waals surface area contributed by atoms with Gasteiger partial charge in [-0.05, 0) is 48.0 Å². The molecule has 2 heterocycles. The summed E-state index contributed by atoms with van der Waals surface area (Å²) in [4.78, 5) is 0. The summed E-state index contributed by atoms with van der Waals surface area (Å²) in [6.45, 7) is 4.13. The zero-order chi connectivity index (χ0) is 12.4. The number of rotatable bonds is 4. The molecule has 2 aromatic heterocycles. The molecular formula is C12H15BrN2O2. The van der Waals surface area contributed by atoms with Crippen LogP contribution >= 0.6 is 15.9 Å². The first-order chi connectivity index (χ1) is 8.06. The zero-order valence-corrected chi connectivity index (χ0v) is 11.4. The van der Waals surface area contributed by atoms with E-state index in [4.69, 9.17) is 4.42 Å². The molecule has 92 valence electrons. The Morgan fingerprint density at radius 3 is 2.71 bits per heavy atom. The van der Waals surface area contributed by atoms with Crippen molar-refractivity contribution in [1.82, 2.24) is 9.78 Å². The van der Waals surface area contributed by atoms with Gasteiger partial charge in [-0.1, -0.05) is 0 Å². The molecule has 17 heavy (non-hydrogen) atoms. The Morgan fingerprint density at radius 2 is 2.18 bits per heavy atom. The Kier molecular flexibility index (Phi) is 3.69. The molecule has 0 aliphatic carbocycles. The molecule has 1 unspecified atom stereocenters. The molecule has 0 aliphatic heterocycles. The Hall–Kier alpha value is -1.07. The number of hydrogen-bond acceptors (Lipinski definition) is 3. The molecule has 1 atom stereocenters. The monoisotopic (exact) mass is 298 g/mol. The van der Waals surface area contributed by atoms with Crippen molar-refractivity contribution in [3.8, 4) is 0 Å². The van der Waals surface area contributed by atoms with Crippen LogP contribution < -0.4 is 0 Å². The first-order valence-corrected chi connectivity index (χ1v) is 6.33. The lowest BCUT2D eigenvalue weighted by Crippen LogP contribution is -2.04. The van der Waals surface area contributed by atoms with Crippen molar-refractivity contribution in [2.45, 2.75) is 32.4 Å². The molecule has 0 aliphatic rings. The average Bonchev–Trinajstić information content (AvgIpc) is 2.86. The molecule has 5 heteroatoms. The topological polar surface area (TPSA) is 51.2 Å².